The van der Waals surface area contributed by atoms with Crippen LogP contribution in [0.25, 0.3) is 0 Å². The van der Waals surface area contributed by atoms with Gasteiger partial charge in [0.05, 0.1) is 6.61 Å². The maximum Gasteiger partial charge on any atom is 0.218 e. The molecule has 6 heteroatoms. The fourth-order valence-electron chi connectivity index (χ4n) is 0.967. The van der Waals surface area contributed by atoms with Gasteiger partial charge in [0.2, 0.25) is 6.23 Å². The molecule has 4 atom stereocenters. The molecule has 2 unspecified atom stereocenters. The van der Waals surface area contributed by atoms with E-state index >= 15 is 0 Å². The number of nitrogens with zero attached hydrogens (tertiary/aromatic N) is 1. The number of aliphatic hydroxyl groups is 3. The molecule has 64 valence electrons. The van der Waals surface area contributed by atoms with E-state index in [1.807, 2.05) is 0 Å². The largest absolute Gasteiger partial charge is 0.394 e. The van der Waals surface area contributed by atoms with Gasteiger partial charge in [0.1, 0.15) is 18.3 Å². The highest BCUT2D eigenvalue weighted by molar-refractivity contribution is 4.88. The second kappa shape index (κ2) is 3.22. The first-order chi connectivity index (χ1) is 5.20. The summed E-state index contributed by atoms with van der Waals surface area (Å²) in [6.45, 7) is -0.440. The van der Waals surface area contributed by atoms with Gasteiger partial charge in [-0.1, -0.05) is 0 Å². The Morgan fingerprint density at radius 1 is 1.36 bits per heavy atom. The highest BCUT2D eigenvalue weighted by Gasteiger charge is 2.43. The van der Waals surface area contributed by atoms with Crippen LogP contribution in [0.5, 0.6) is 0 Å². The van der Waals surface area contributed by atoms with Crippen molar-refractivity contribution in [3.05, 3.63) is 4.91 Å². The molecule has 6 nitrogen and oxygen atoms in total. The van der Waals surface area contributed by atoms with Gasteiger partial charge in [0.15, 0.2) is 0 Å². The van der Waals surface area contributed by atoms with Crippen LogP contribution in [0.15, 0.2) is 5.18 Å². The molecular formula is C5H9NO5. The van der Waals surface area contributed by atoms with Crippen LogP contribution in [0.1, 0.15) is 0 Å². The standard InChI is InChI=1S/C5H9NO5/c7-1-2-3(8)4(9)5(6-10)11-2/h2-5,7-9H,1H2/t2-,3?,4?,5-/m1/s1. The Labute approximate surface area is 62.4 Å². The van der Waals surface area contributed by atoms with E-state index < -0.39 is 31.1 Å². The minimum absolute atomic E-state index is 0.440. The van der Waals surface area contributed by atoms with Gasteiger partial charge in [0, 0.05) is 0 Å². The first kappa shape index (κ1) is 8.54. The minimum atomic E-state index is -1.33. The number of ether oxygens (including phenoxy) is 1. The van der Waals surface area contributed by atoms with E-state index in [9.17, 15) is 4.91 Å². The van der Waals surface area contributed by atoms with Gasteiger partial charge in [-0.15, -0.1) is 4.91 Å². The quantitative estimate of drug-likeness (QED) is 0.417. The zero-order valence-electron chi connectivity index (χ0n) is 5.62. The number of rotatable bonds is 2. The molecule has 1 rings (SSSR count). The van der Waals surface area contributed by atoms with Crippen molar-refractivity contribution in [2.24, 2.45) is 5.18 Å². The molecule has 1 aliphatic rings. The van der Waals surface area contributed by atoms with Crippen molar-refractivity contribution in [2.75, 3.05) is 6.61 Å². The molecule has 1 aliphatic heterocycles. The molecule has 0 aromatic heterocycles. The van der Waals surface area contributed by atoms with Crippen molar-refractivity contribution < 1.29 is 20.1 Å². The highest BCUT2D eigenvalue weighted by Crippen LogP contribution is 2.21. The van der Waals surface area contributed by atoms with Crippen molar-refractivity contribution in [3.63, 3.8) is 0 Å². The molecule has 0 spiro atoms. The molecular weight excluding hydrogens is 154 g/mol. The van der Waals surface area contributed by atoms with E-state index in [4.69, 9.17) is 15.3 Å². The van der Waals surface area contributed by atoms with E-state index in [0.29, 0.717) is 0 Å². The van der Waals surface area contributed by atoms with Crippen LogP contribution in [0.3, 0.4) is 0 Å². The average Bonchev–Trinajstić information content (AvgIpc) is 2.30. The average molecular weight is 163 g/mol. The fraction of sp³-hybridized carbons (Fsp3) is 1.00. The second-order valence-corrected chi connectivity index (χ2v) is 2.33. The van der Waals surface area contributed by atoms with Gasteiger partial charge in [-0.3, -0.25) is 0 Å². The molecule has 0 amide bonds. The molecule has 0 saturated carbocycles. The number of aliphatic hydroxyl groups excluding tert-OH is 3. The van der Waals surface area contributed by atoms with E-state index in [1.165, 1.54) is 0 Å². The lowest BCUT2D eigenvalue weighted by atomic mass is 10.1. The van der Waals surface area contributed by atoms with Crippen LogP contribution in [0, 0.1) is 4.91 Å². The third kappa shape index (κ3) is 1.38. The molecule has 0 aromatic rings. The molecule has 1 heterocycles. The summed E-state index contributed by atoms with van der Waals surface area (Å²) in [6.07, 6.45) is -4.73. The third-order valence-electron chi connectivity index (χ3n) is 1.62. The van der Waals surface area contributed by atoms with Gasteiger partial charge in [-0.2, -0.15) is 0 Å². The number of nitroso groups, excluding NO2 is 1. The van der Waals surface area contributed by atoms with E-state index in [1.54, 1.807) is 0 Å². The van der Waals surface area contributed by atoms with Crippen LogP contribution in [0.4, 0.5) is 0 Å². The first-order valence-electron chi connectivity index (χ1n) is 3.15. The van der Waals surface area contributed by atoms with Crippen molar-refractivity contribution >= 4 is 0 Å². The Kier molecular flexibility index (Phi) is 2.50. The lowest BCUT2D eigenvalue weighted by Crippen LogP contribution is -2.33. The summed E-state index contributed by atoms with van der Waals surface area (Å²) in [5, 5.41) is 29.0. The Bertz CT molecular complexity index is 152. The topological polar surface area (TPSA) is 99.4 Å². The van der Waals surface area contributed by atoms with Crippen LogP contribution in [-0.2, 0) is 4.74 Å². The summed E-state index contributed by atoms with van der Waals surface area (Å²) >= 11 is 0. The molecule has 0 aromatic carbocycles. The first-order valence-corrected chi connectivity index (χ1v) is 3.15. The summed E-state index contributed by atoms with van der Waals surface area (Å²) in [7, 11) is 0. The third-order valence-corrected chi connectivity index (χ3v) is 1.62. The van der Waals surface area contributed by atoms with Gasteiger partial charge in [-0.05, 0) is 5.18 Å². The number of hydrogen-bond donors (Lipinski definition) is 3. The van der Waals surface area contributed by atoms with Gasteiger partial charge < -0.3 is 20.1 Å². The summed E-state index contributed by atoms with van der Waals surface area (Å²) in [5.41, 5.74) is 0. The summed E-state index contributed by atoms with van der Waals surface area (Å²) in [4.78, 5) is 9.90. The van der Waals surface area contributed by atoms with Crippen molar-refractivity contribution in [1.82, 2.24) is 0 Å². The fourth-order valence-corrected chi connectivity index (χ4v) is 0.967. The summed E-state index contributed by atoms with van der Waals surface area (Å²) in [5.74, 6) is 0. The molecule has 0 bridgehead atoms. The minimum Gasteiger partial charge on any atom is -0.394 e. The lowest BCUT2D eigenvalue weighted by molar-refractivity contribution is -0.0197. The smallest absolute Gasteiger partial charge is 0.218 e. The highest BCUT2D eigenvalue weighted by atomic mass is 16.6. The van der Waals surface area contributed by atoms with Crippen molar-refractivity contribution in [3.8, 4) is 0 Å². The van der Waals surface area contributed by atoms with Gasteiger partial charge in [-0.25, -0.2) is 0 Å². The maximum absolute atomic E-state index is 9.90. The van der Waals surface area contributed by atoms with Crippen molar-refractivity contribution in [2.45, 2.75) is 24.5 Å². The monoisotopic (exact) mass is 163 g/mol. The van der Waals surface area contributed by atoms with Gasteiger partial charge in [0.25, 0.3) is 0 Å². The van der Waals surface area contributed by atoms with Crippen LogP contribution < -0.4 is 0 Å². The van der Waals surface area contributed by atoms with Crippen LogP contribution in [-0.4, -0.2) is 46.5 Å². The van der Waals surface area contributed by atoms with E-state index in [0.717, 1.165) is 0 Å². The Morgan fingerprint density at radius 2 is 2.00 bits per heavy atom. The zero-order chi connectivity index (χ0) is 8.43. The number of hydrogen-bond acceptors (Lipinski definition) is 6. The maximum atomic E-state index is 9.90. The summed E-state index contributed by atoms with van der Waals surface area (Å²) < 4.78 is 4.66. The molecule has 0 radical (unpaired) electrons. The zero-order valence-corrected chi connectivity index (χ0v) is 5.62. The van der Waals surface area contributed by atoms with E-state index in [-0.39, 0.29) is 0 Å². The Hall–Kier alpha value is -0.560. The van der Waals surface area contributed by atoms with Crippen molar-refractivity contribution in [1.29, 1.82) is 0 Å². The molecule has 1 saturated heterocycles. The Balaban J connectivity index is 2.60. The van der Waals surface area contributed by atoms with Gasteiger partial charge >= 0.3 is 0 Å². The molecule has 1 fully saturated rings. The van der Waals surface area contributed by atoms with Crippen LogP contribution in [0.2, 0.25) is 0 Å². The molecule has 0 aliphatic carbocycles. The van der Waals surface area contributed by atoms with Crippen LogP contribution >= 0.6 is 0 Å². The molecule has 11 heavy (non-hydrogen) atoms. The lowest BCUT2D eigenvalue weighted by Gasteiger charge is -2.09. The van der Waals surface area contributed by atoms with E-state index in [2.05, 4.69) is 9.91 Å². The second-order valence-electron chi connectivity index (χ2n) is 2.33. The predicted octanol–water partition coefficient (Wildman–Crippen LogP) is -1.81. The summed E-state index contributed by atoms with van der Waals surface area (Å²) in [6, 6.07) is 0. The molecule has 3 N–H and O–H groups in total. The predicted molar refractivity (Wildman–Crippen MR) is 33.6 cm³/mol. The normalized spacial score (nSPS) is 44.3. The Morgan fingerprint density at radius 3 is 2.27 bits per heavy atom. The SMILES string of the molecule is O=N[C@@H]1O[C@H](CO)C(O)C1O.